The zero-order chi connectivity index (χ0) is 14.5. The van der Waals surface area contributed by atoms with Gasteiger partial charge in [0, 0.05) is 18.3 Å². The van der Waals surface area contributed by atoms with Crippen LogP contribution in [0.1, 0.15) is 75.3 Å². The molecule has 112 valence electrons. The van der Waals surface area contributed by atoms with Gasteiger partial charge in [0.2, 0.25) is 0 Å². The summed E-state index contributed by atoms with van der Waals surface area (Å²) in [5.74, 6) is 0.0107. The summed E-state index contributed by atoms with van der Waals surface area (Å²) in [7, 11) is 0. The van der Waals surface area contributed by atoms with Gasteiger partial charge in [-0.2, -0.15) is 0 Å². The molecule has 20 heavy (non-hydrogen) atoms. The number of carbonyl (C=O) groups excluding carboxylic acids is 1. The molecule has 2 rings (SSSR count). The van der Waals surface area contributed by atoms with Crippen molar-refractivity contribution >= 4 is 11.6 Å². The van der Waals surface area contributed by atoms with Gasteiger partial charge in [-0.1, -0.05) is 32.6 Å². The number of nitrogen functional groups attached to an aromatic ring is 1. The largest absolute Gasteiger partial charge is 0.397 e. The van der Waals surface area contributed by atoms with Crippen LogP contribution in [-0.4, -0.2) is 16.5 Å². The summed E-state index contributed by atoms with van der Waals surface area (Å²) in [6.45, 7) is 4.29. The van der Waals surface area contributed by atoms with Gasteiger partial charge < -0.3 is 15.6 Å². The summed E-state index contributed by atoms with van der Waals surface area (Å²) in [4.78, 5) is 12.3. The van der Waals surface area contributed by atoms with E-state index in [1.807, 2.05) is 10.8 Å². The minimum Gasteiger partial charge on any atom is -0.397 e. The van der Waals surface area contributed by atoms with E-state index in [-0.39, 0.29) is 11.9 Å². The zero-order valence-electron chi connectivity index (χ0n) is 12.7. The van der Waals surface area contributed by atoms with E-state index in [0.717, 1.165) is 19.3 Å². The van der Waals surface area contributed by atoms with Crippen molar-refractivity contribution in [1.29, 1.82) is 0 Å². The minimum atomic E-state index is 0.0107. The van der Waals surface area contributed by atoms with Crippen molar-refractivity contribution in [3.8, 4) is 0 Å². The first-order valence-electron chi connectivity index (χ1n) is 7.90. The summed E-state index contributed by atoms with van der Waals surface area (Å²) in [5.41, 5.74) is 7.22. The van der Waals surface area contributed by atoms with E-state index in [1.165, 1.54) is 25.7 Å². The number of anilines is 1. The second-order valence-corrected chi connectivity index (χ2v) is 6.02. The molecule has 1 aliphatic carbocycles. The maximum Gasteiger partial charge on any atom is 0.268 e. The Morgan fingerprint density at radius 2 is 2.20 bits per heavy atom. The highest BCUT2D eigenvalue weighted by molar-refractivity contribution is 5.94. The molecule has 4 heteroatoms. The monoisotopic (exact) mass is 277 g/mol. The zero-order valence-corrected chi connectivity index (χ0v) is 12.7. The third-order valence-electron chi connectivity index (χ3n) is 3.91. The maximum absolute atomic E-state index is 12.3. The van der Waals surface area contributed by atoms with Gasteiger partial charge in [-0.3, -0.25) is 4.79 Å². The van der Waals surface area contributed by atoms with E-state index in [4.69, 9.17) is 5.73 Å². The Morgan fingerprint density at radius 3 is 2.85 bits per heavy atom. The van der Waals surface area contributed by atoms with E-state index >= 15 is 0 Å². The fourth-order valence-corrected chi connectivity index (χ4v) is 2.58. The van der Waals surface area contributed by atoms with Crippen LogP contribution in [0.15, 0.2) is 12.3 Å². The molecule has 0 aromatic carbocycles. The molecule has 0 radical (unpaired) electrons. The lowest BCUT2D eigenvalue weighted by Crippen LogP contribution is -2.33. The Kier molecular flexibility index (Phi) is 5.10. The lowest BCUT2D eigenvalue weighted by molar-refractivity contribution is 0.0928. The van der Waals surface area contributed by atoms with Crippen LogP contribution >= 0.6 is 0 Å². The van der Waals surface area contributed by atoms with Crippen molar-refractivity contribution in [3.05, 3.63) is 18.0 Å². The van der Waals surface area contributed by atoms with Gasteiger partial charge in [0.1, 0.15) is 5.69 Å². The molecule has 1 aromatic heterocycles. The average Bonchev–Trinajstić information content (AvgIpc) is 3.17. The molecular formula is C16H27N3O. The van der Waals surface area contributed by atoms with E-state index in [2.05, 4.69) is 19.2 Å². The van der Waals surface area contributed by atoms with Crippen LogP contribution in [0.5, 0.6) is 0 Å². The molecule has 1 amide bonds. The molecule has 1 saturated carbocycles. The summed E-state index contributed by atoms with van der Waals surface area (Å²) >= 11 is 0. The van der Waals surface area contributed by atoms with Crippen molar-refractivity contribution in [2.45, 2.75) is 70.9 Å². The maximum atomic E-state index is 12.3. The number of unbranched alkanes of at least 4 members (excludes halogenated alkanes) is 3. The molecular weight excluding hydrogens is 250 g/mol. The van der Waals surface area contributed by atoms with Gasteiger partial charge in [-0.15, -0.1) is 0 Å². The molecule has 4 nitrogen and oxygen atoms in total. The first kappa shape index (κ1) is 14.9. The number of hydrogen-bond donors (Lipinski definition) is 2. The van der Waals surface area contributed by atoms with Crippen LogP contribution in [0.4, 0.5) is 5.69 Å². The van der Waals surface area contributed by atoms with Gasteiger partial charge in [0.15, 0.2) is 0 Å². The van der Waals surface area contributed by atoms with Gasteiger partial charge in [0.05, 0.1) is 5.69 Å². The standard InChI is InChI=1S/C16H27N3O/c1-3-4-5-6-7-12(2)18-16(20)15-10-13(17)11-19(15)14-8-9-14/h10-12,14H,3-9,17H2,1-2H3,(H,18,20). The van der Waals surface area contributed by atoms with Crippen molar-refractivity contribution in [2.75, 3.05) is 5.73 Å². The first-order valence-corrected chi connectivity index (χ1v) is 7.90. The predicted octanol–water partition coefficient (Wildman–Crippen LogP) is 3.49. The summed E-state index contributed by atoms with van der Waals surface area (Å²) in [5, 5.41) is 3.09. The van der Waals surface area contributed by atoms with Crippen LogP contribution in [-0.2, 0) is 0 Å². The number of rotatable bonds is 8. The fraction of sp³-hybridized carbons (Fsp3) is 0.688. The molecule has 1 atom stereocenters. The van der Waals surface area contributed by atoms with E-state index in [0.29, 0.717) is 17.4 Å². The lowest BCUT2D eigenvalue weighted by Gasteiger charge is -2.15. The Balaban J connectivity index is 1.84. The molecule has 0 bridgehead atoms. The van der Waals surface area contributed by atoms with Crippen LogP contribution < -0.4 is 11.1 Å². The second-order valence-electron chi connectivity index (χ2n) is 6.02. The predicted molar refractivity (Wildman–Crippen MR) is 82.8 cm³/mol. The highest BCUT2D eigenvalue weighted by Gasteiger charge is 2.27. The van der Waals surface area contributed by atoms with Gasteiger partial charge in [-0.05, 0) is 32.3 Å². The Bertz CT molecular complexity index is 449. The third kappa shape index (κ3) is 4.02. The van der Waals surface area contributed by atoms with E-state index in [9.17, 15) is 4.79 Å². The van der Waals surface area contributed by atoms with Crippen molar-refractivity contribution in [2.24, 2.45) is 0 Å². The molecule has 1 aliphatic rings. The second kappa shape index (κ2) is 6.82. The van der Waals surface area contributed by atoms with E-state index in [1.54, 1.807) is 6.07 Å². The molecule has 0 spiro atoms. The highest BCUT2D eigenvalue weighted by atomic mass is 16.2. The Morgan fingerprint density at radius 1 is 1.45 bits per heavy atom. The van der Waals surface area contributed by atoms with E-state index < -0.39 is 0 Å². The normalized spacial score (nSPS) is 16.1. The van der Waals surface area contributed by atoms with Crippen LogP contribution in [0.25, 0.3) is 0 Å². The number of nitrogens with one attached hydrogen (secondary N) is 1. The average molecular weight is 277 g/mol. The molecule has 1 fully saturated rings. The molecule has 0 saturated heterocycles. The van der Waals surface area contributed by atoms with Gasteiger partial charge in [-0.25, -0.2) is 0 Å². The van der Waals surface area contributed by atoms with Gasteiger partial charge >= 0.3 is 0 Å². The van der Waals surface area contributed by atoms with Crippen molar-refractivity contribution in [1.82, 2.24) is 9.88 Å². The van der Waals surface area contributed by atoms with Crippen LogP contribution in [0, 0.1) is 0 Å². The number of carbonyl (C=O) groups is 1. The quantitative estimate of drug-likeness (QED) is 0.714. The molecule has 1 unspecified atom stereocenters. The number of aromatic nitrogens is 1. The number of nitrogens with two attached hydrogens (primary N) is 1. The number of amides is 1. The molecule has 1 aromatic rings. The molecule has 0 aliphatic heterocycles. The lowest BCUT2D eigenvalue weighted by atomic mass is 10.1. The Hall–Kier alpha value is -1.45. The summed E-state index contributed by atoms with van der Waals surface area (Å²) < 4.78 is 2.04. The summed E-state index contributed by atoms with van der Waals surface area (Å²) in [6.07, 6.45) is 10.2. The van der Waals surface area contributed by atoms with Crippen molar-refractivity contribution in [3.63, 3.8) is 0 Å². The SMILES string of the molecule is CCCCCCC(C)NC(=O)c1cc(N)cn1C1CC1. The topological polar surface area (TPSA) is 60.1 Å². The van der Waals surface area contributed by atoms with Gasteiger partial charge in [0.25, 0.3) is 5.91 Å². The summed E-state index contributed by atoms with van der Waals surface area (Å²) in [6, 6.07) is 2.49. The fourth-order valence-electron chi connectivity index (χ4n) is 2.58. The van der Waals surface area contributed by atoms with Crippen LogP contribution in [0.2, 0.25) is 0 Å². The van der Waals surface area contributed by atoms with Crippen LogP contribution in [0.3, 0.4) is 0 Å². The highest BCUT2D eigenvalue weighted by Crippen LogP contribution is 2.37. The van der Waals surface area contributed by atoms with Crippen molar-refractivity contribution < 1.29 is 4.79 Å². The minimum absolute atomic E-state index is 0.0107. The Labute approximate surface area is 121 Å². The number of hydrogen-bond acceptors (Lipinski definition) is 2. The molecule has 3 N–H and O–H groups in total. The first-order chi connectivity index (χ1) is 9.61. The smallest absolute Gasteiger partial charge is 0.268 e. The third-order valence-corrected chi connectivity index (χ3v) is 3.91. The number of nitrogens with zero attached hydrogens (tertiary/aromatic N) is 1. The molecule has 1 heterocycles.